The van der Waals surface area contributed by atoms with E-state index in [9.17, 15) is 5.11 Å². The van der Waals surface area contributed by atoms with Gasteiger partial charge in [-0.15, -0.1) is 0 Å². The molecule has 0 bridgehead atoms. The van der Waals surface area contributed by atoms with Crippen molar-refractivity contribution in [2.75, 3.05) is 19.8 Å². The fourth-order valence-corrected chi connectivity index (χ4v) is 3.28. The van der Waals surface area contributed by atoms with Gasteiger partial charge in [-0.2, -0.15) is 0 Å². The van der Waals surface area contributed by atoms with Gasteiger partial charge in [0.1, 0.15) is 0 Å². The highest BCUT2D eigenvalue weighted by Gasteiger charge is 2.30. The molecule has 5 heteroatoms. The van der Waals surface area contributed by atoms with Gasteiger partial charge in [-0.1, -0.05) is 30.1 Å². The van der Waals surface area contributed by atoms with E-state index in [4.69, 9.17) is 27.9 Å². The van der Waals surface area contributed by atoms with E-state index in [0.29, 0.717) is 10.9 Å². The molecule has 0 spiro atoms. The molecule has 21 heavy (non-hydrogen) atoms. The fourth-order valence-electron chi connectivity index (χ4n) is 2.86. The molecular formula is C16H23Cl2NO2. The maximum absolute atomic E-state index is 9.20. The summed E-state index contributed by atoms with van der Waals surface area (Å²) in [5.41, 5.74) is 1.02. The second-order valence-electron chi connectivity index (χ2n) is 5.55. The van der Waals surface area contributed by atoms with E-state index >= 15 is 0 Å². The monoisotopic (exact) mass is 331 g/mol. The number of rotatable bonds is 7. The zero-order chi connectivity index (χ0) is 15.2. The summed E-state index contributed by atoms with van der Waals surface area (Å²) < 4.78 is 5.54. The molecule has 3 unspecified atom stereocenters. The summed E-state index contributed by atoms with van der Waals surface area (Å²) in [6, 6.07) is 5.95. The molecule has 1 fully saturated rings. The topological polar surface area (TPSA) is 41.5 Å². The van der Waals surface area contributed by atoms with Gasteiger partial charge in [-0.05, 0) is 43.0 Å². The molecule has 1 aromatic carbocycles. The second kappa shape index (κ2) is 8.35. The molecule has 2 rings (SSSR count). The Morgan fingerprint density at radius 2 is 2.24 bits per heavy atom. The van der Waals surface area contributed by atoms with Crippen molar-refractivity contribution < 1.29 is 9.84 Å². The highest BCUT2D eigenvalue weighted by atomic mass is 35.5. The van der Waals surface area contributed by atoms with Crippen molar-refractivity contribution in [3.05, 3.63) is 33.8 Å². The van der Waals surface area contributed by atoms with Crippen LogP contribution in [-0.2, 0) is 4.74 Å². The van der Waals surface area contributed by atoms with Crippen LogP contribution in [0.3, 0.4) is 0 Å². The number of ether oxygens (including phenoxy) is 1. The number of hydrogen-bond acceptors (Lipinski definition) is 3. The number of halogens is 2. The molecule has 0 aliphatic carbocycles. The molecule has 1 heterocycles. The van der Waals surface area contributed by atoms with Crippen molar-refractivity contribution in [1.29, 1.82) is 0 Å². The van der Waals surface area contributed by atoms with Gasteiger partial charge in [0.25, 0.3) is 0 Å². The fraction of sp³-hybridized carbons (Fsp3) is 0.625. The third-order valence-electron chi connectivity index (χ3n) is 4.12. The Hall–Kier alpha value is -0.320. The van der Waals surface area contributed by atoms with E-state index in [1.54, 1.807) is 6.07 Å². The Bertz CT molecular complexity index is 450. The van der Waals surface area contributed by atoms with Crippen molar-refractivity contribution >= 4 is 23.2 Å². The molecule has 1 aliphatic heterocycles. The van der Waals surface area contributed by atoms with E-state index in [1.807, 2.05) is 12.1 Å². The molecular weight excluding hydrogens is 309 g/mol. The van der Waals surface area contributed by atoms with Crippen molar-refractivity contribution in [3.8, 4) is 0 Å². The minimum Gasteiger partial charge on any atom is -0.396 e. The van der Waals surface area contributed by atoms with Crippen LogP contribution in [0.5, 0.6) is 0 Å². The zero-order valence-corrected chi connectivity index (χ0v) is 13.8. The van der Waals surface area contributed by atoms with Crippen LogP contribution in [0.25, 0.3) is 0 Å². The minimum atomic E-state index is 0.107. The van der Waals surface area contributed by atoms with Gasteiger partial charge in [-0.25, -0.2) is 0 Å². The Balaban J connectivity index is 2.24. The number of hydrogen-bond donors (Lipinski definition) is 2. The lowest BCUT2D eigenvalue weighted by atomic mass is 9.91. The molecule has 3 nitrogen and oxygen atoms in total. The number of benzene rings is 1. The quantitative estimate of drug-likeness (QED) is 0.797. The Kier molecular flexibility index (Phi) is 6.77. The first-order valence-corrected chi connectivity index (χ1v) is 8.30. The van der Waals surface area contributed by atoms with E-state index in [2.05, 4.69) is 12.2 Å². The SMILES string of the molecule is CCC(CCO)NC(c1cc(Cl)ccc1Cl)C1CCOC1. The Morgan fingerprint density at radius 3 is 2.86 bits per heavy atom. The Labute approximate surface area is 136 Å². The minimum absolute atomic E-state index is 0.107. The van der Waals surface area contributed by atoms with Gasteiger partial charge in [-0.3, -0.25) is 0 Å². The van der Waals surface area contributed by atoms with Crippen LogP contribution in [0.15, 0.2) is 18.2 Å². The lowest BCUT2D eigenvalue weighted by Crippen LogP contribution is -2.37. The van der Waals surface area contributed by atoms with Gasteiger partial charge in [0, 0.05) is 41.3 Å². The van der Waals surface area contributed by atoms with E-state index < -0.39 is 0 Å². The summed E-state index contributed by atoms with van der Waals surface area (Å²) >= 11 is 12.5. The summed E-state index contributed by atoms with van der Waals surface area (Å²) in [5.74, 6) is 0.383. The predicted molar refractivity (Wildman–Crippen MR) is 87.0 cm³/mol. The average Bonchev–Trinajstić information content (AvgIpc) is 3.00. The lowest BCUT2D eigenvalue weighted by Gasteiger charge is -2.30. The molecule has 0 aromatic heterocycles. The molecule has 3 atom stereocenters. The highest BCUT2D eigenvalue weighted by Crippen LogP contribution is 2.35. The average molecular weight is 332 g/mol. The first-order chi connectivity index (χ1) is 10.2. The number of aliphatic hydroxyl groups excluding tert-OH is 1. The molecule has 2 N–H and O–H groups in total. The number of aliphatic hydroxyl groups is 1. The van der Waals surface area contributed by atoms with E-state index in [0.717, 1.165) is 43.1 Å². The molecule has 118 valence electrons. The predicted octanol–water partition coefficient (Wildman–Crippen LogP) is 3.82. The molecule has 0 saturated carbocycles. The van der Waals surface area contributed by atoms with E-state index in [-0.39, 0.29) is 18.7 Å². The largest absolute Gasteiger partial charge is 0.396 e. The van der Waals surface area contributed by atoms with Crippen molar-refractivity contribution in [2.45, 2.75) is 38.3 Å². The van der Waals surface area contributed by atoms with Gasteiger partial charge >= 0.3 is 0 Å². The van der Waals surface area contributed by atoms with Crippen molar-refractivity contribution in [1.82, 2.24) is 5.32 Å². The molecule has 1 aliphatic rings. The third-order valence-corrected chi connectivity index (χ3v) is 4.69. The van der Waals surface area contributed by atoms with Crippen LogP contribution < -0.4 is 5.32 Å². The normalized spacial score (nSPS) is 21.4. The summed E-state index contributed by atoms with van der Waals surface area (Å²) in [5, 5.41) is 14.3. The van der Waals surface area contributed by atoms with Crippen LogP contribution in [-0.4, -0.2) is 31.0 Å². The van der Waals surface area contributed by atoms with Gasteiger partial charge in [0.05, 0.1) is 6.61 Å². The summed E-state index contributed by atoms with van der Waals surface area (Å²) in [4.78, 5) is 0. The summed E-state index contributed by atoms with van der Waals surface area (Å²) in [6.07, 6.45) is 2.71. The van der Waals surface area contributed by atoms with Crippen LogP contribution >= 0.6 is 23.2 Å². The molecule has 0 amide bonds. The first kappa shape index (κ1) is 17.0. The standard InChI is InChI=1S/C16H23Cl2NO2/c1-2-13(5-7-20)19-16(11-6-8-21-10-11)14-9-12(17)3-4-15(14)18/h3-4,9,11,13,16,19-20H,2,5-8,10H2,1H3. The lowest BCUT2D eigenvalue weighted by molar-refractivity contribution is 0.171. The highest BCUT2D eigenvalue weighted by molar-refractivity contribution is 6.33. The zero-order valence-electron chi connectivity index (χ0n) is 12.3. The van der Waals surface area contributed by atoms with E-state index in [1.165, 1.54) is 0 Å². The summed E-state index contributed by atoms with van der Waals surface area (Å²) in [7, 11) is 0. The number of nitrogens with one attached hydrogen (secondary N) is 1. The van der Waals surface area contributed by atoms with Crippen LogP contribution in [0.1, 0.15) is 37.8 Å². The van der Waals surface area contributed by atoms with Gasteiger partial charge < -0.3 is 15.2 Å². The maximum atomic E-state index is 9.20. The third kappa shape index (κ3) is 4.57. The maximum Gasteiger partial charge on any atom is 0.0513 e. The van der Waals surface area contributed by atoms with Crippen LogP contribution in [0.4, 0.5) is 0 Å². The van der Waals surface area contributed by atoms with Gasteiger partial charge in [0.15, 0.2) is 0 Å². The molecule has 1 aromatic rings. The van der Waals surface area contributed by atoms with Crippen molar-refractivity contribution in [3.63, 3.8) is 0 Å². The second-order valence-corrected chi connectivity index (χ2v) is 6.39. The Morgan fingerprint density at radius 1 is 1.43 bits per heavy atom. The molecule has 0 radical (unpaired) electrons. The van der Waals surface area contributed by atoms with Crippen LogP contribution in [0.2, 0.25) is 10.0 Å². The van der Waals surface area contributed by atoms with Crippen LogP contribution in [0, 0.1) is 5.92 Å². The van der Waals surface area contributed by atoms with Crippen molar-refractivity contribution in [2.24, 2.45) is 5.92 Å². The smallest absolute Gasteiger partial charge is 0.0513 e. The van der Waals surface area contributed by atoms with Gasteiger partial charge in [0.2, 0.25) is 0 Å². The summed E-state index contributed by atoms with van der Waals surface area (Å²) in [6.45, 7) is 3.83. The molecule has 1 saturated heterocycles. The first-order valence-electron chi connectivity index (χ1n) is 7.55.